The number of nitrogens with zero attached hydrogens (tertiary/aromatic N) is 1. The molecule has 1 aromatic carbocycles. The lowest BCUT2D eigenvalue weighted by molar-refractivity contribution is 0.0698. The fraction of sp³-hybridized carbons (Fsp3) is 0.462. The predicted octanol–water partition coefficient (Wildman–Crippen LogP) is 2.79. The fourth-order valence-electron chi connectivity index (χ4n) is 1.32. The molecular weight excluding hydrogens is 252 g/mol. The van der Waals surface area contributed by atoms with Crippen molar-refractivity contribution < 1.29 is 9.90 Å². The number of carboxylic acids is 1. The molecule has 0 bridgehead atoms. The molecule has 1 rings (SSSR count). The van der Waals surface area contributed by atoms with Crippen molar-refractivity contribution in [1.82, 2.24) is 4.90 Å². The van der Waals surface area contributed by atoms with Gasteiger partial charge >= 0.3 is 5.97 Å². The molecular formula is C13H19ClN2O2. The Morgan fingerprint density at radius 1 is 1.44 bits per heavy atom. The van der Waals surface area contributed by atoms with Gasteiger partial charge in [-0.15, -0.1) is 0 Å². The fourth-order valence-corrected chi connectivity index (χ4v) is 1.49. The van der Waals surface area contributed by atoms with Crippen LogP contribution in [0.3, 0.4) is 0 Å². The summed E-state index contributed by atoms with van der Waals surface area (Å²) in [5, 5.41) is 12.7. The van der Waals surface area contributed by atoms with E-state index in [4.69, 9.17) is 16.7 Å². The lowest BCUT2D eigenvalue weighted by Crippen LogP contribution is -2.44. The van der Waals surface area contributed by atoms with Crippen LogP contribution in [0.25, 0.3) is 0 Å². The second kappa shape index (κ2) is 5.59. The smallest absolute Gasteiger partial charge is 0.337 e. The number of nitrogens with one attached hydrogen (secondary N) is 1. The van der Waals surface area contributed by atoms with E-state index in [0.29, 0.717) is 17.3 Å². The zero-order chi connectivity index (χ0) is 13.9. The van der Waals surface area contributed by atoms with E-state index < -0.39 is 5.97 Å². The highest BCUT2D eigenvalue weighted by Crippen LogP contribution is 2.22. The van der Waals surface area contributed by atoms with Gasteiger partial charge in [-0.25, -0.2) is 4.79 Å². The third kappa shape index (κ3) is 3.62. The second-order valence-corrected chi connectivity index (χ2v) is 5.49. The Labute approximate surface area is 113 Å². The van der Waals surface area contributed by atoms with Gasteiger partial charge in [-0.1, -0.05) is 11.6 Å². The van der Waals surface area contributed by atoms with Crippen LogP contribution in [0.2, 0.25) is 5.02 Å². The molecule has 5 heteroatoms. The van der Waals surface area contributed by atoms with E-state index in [9.17, 15) is 4.79 Å². The van der Waals surface area contributed by atoms with Crippen molar-refractivity contribution in [3.63, 3.8) is 0 Å². The summed E-state index contributed by atoms with van der Waals surface area (Å²) < 4.78 is 0. The largest absolute Gasteiger partial charge is 0.478 e. The number of hydrogen-bond donors (Lipinski definition) is 2. The van der Waals surface area contributed by atoms with Gasteiger partial charge in [-0.3, -0.25) is 0 Å². The number of aromatic carboxylic acids is 1. The minimum atomic E-state index is -0.984. The van der Waals surface area contributed by atoms with Gasteiger partial charge in [-0.2, -0.15) is 0 Å². The Morgan fingerprint density at radius 3 is 2.56 bits per heavy atom. The van der Waals surface area contributed by atoms with Crippen molar-refractivity contribution in [3.8, 4) is 0 Å². The summed E-state index contributed by atoms with van der Waals surface area (Å²) in [4.78, 5) is 13.2. The molecule has 100 valence electrons. The topological polar surface area (TPSA) is 52.6 Å². The zero-order valence-corrected chi connectivity index (χ0v) is 11.9. The molecule has 0 saturated carbocycles. The van der Waals surface area contributed by atoms with Gasteiger partial charge in [0.2, 0.25) is 0 Å². The van der Waals surface area contributed by atoms with Crippen molar-refractivity contribution in [2.24, 2.45) is 0 Å². The molecule has 0 saturated heterocycles. The molecule has 0 aliphatic rings. The van der Waals surface area contributed by atoms with E-state index in [0.717, 1.165) is 0 Å². The van der Waals surface area contributed by atoms with Crippen LogP contribution in [0.1, 0.15) is 24.2 Å². The number of halogens is 1. The van der Waals surface area contributed by atoms with Gasteiger partial charge in [-0.05, 0) is 46.1 Å². The number of anilines is 1. The predicted molar refractivity (Wildman–Crippen MR) is 74.7 cm³/mol. The van der Waals surface area contributed by atoms with E-state index in [1.54, 1.807) is 12.1 Å². The highest BCUT2D eigenvalue weighted by atomic mass is 35.5. The van der Waals surface area contributed by atoms with Crippen molar-refractivity contribution in [3.05, 3.63) is 28.8 Å². The molecule has 0 spiro atoms. The molecule has 0 amide bonds. The summed E-state index contributed by atoms with van der Waals surface area (Å²) in [5.41, 5.74) is 0.703. The molecule has 0 radical (unpaired) electrons. The van der Waals surface area contributed by atoms with E-state index >= 15 is 0 Å². The first-order valence-corrected chi connectivity index (χ1v) is 6.06. The minimum absolute atomic E-state index is 0.0740. The minimum Gasteiger partial charge on any atom is -0.478 e. The van der Waals surface area contributed by atoms with Gasteiger partial charge in [0.25, 0.3) is 0 Å². The van der Waals surface area contributed by atoms with Crippen LogP contribution < -0.4 is 5.32 Å². The van der Waals surface area contributed by atoms with E-state index in [2.05, 4.69) is 24.1 Å². The number of carboxylic acid groups (broad SMARTS) is 1. The molecule has 0 aliphatic heterocycles. The molecule has 2 N–H and O–H groups in total. The molecule has 4 nitrogen and oxygen atoms in total. The highest BCUT2D eigenvalue weighted by Gasteiger charge is 2.21. The van der Waals surface area contributed by atoms with Crippen LogP contribution in [-0.2, 0) is 0 Å². The Hall–Kier alpha value is -1.26. The molecule has 1 aromatic rings. The third-order valence-electron chi connectivity index (χ3n) is 3.13. The van der Waals surface area contributed by atoms with E-state index in [-0.39, 0.29) is 11.1 Å². The number of hydrogen-bond acceptors (Lipinski definition) is 3. The van der Waals surface area contributed by atoms with Crippen LogP contribution in [0.5, 0.6) is 0 Å². The van der Waals surface area contributed by atoms with Crippen molar-refractivity contribution in [1.29, 1.82) is 0 Å². The van der Waals surface area contributed by atoms with Gasteiger partial charge in [0, 0.05) is 22.8 Å². The molecule has 0 atom stereocenters. The maximum absolute atomic E-state index is 11.1. The average molecular weight is 271 g/mol. The summed E-state index contributed by atoms with van der Waals surface area (Å²) in [6.07, 6.45) is 0. The first kappa shape index (κ1) is 14.8. The monoisotopic (exact) mass is 270 g/mol. The molecule has 0 unspecified atom stereocenters. The lowest BCUT2D eigenvalue weighted by Gasteiger charge is -2.33. The second-order valence-electron chi connectivity index (χ2n) is 5.06. The third-order valence-corrected chi connectivity index (χ3v) is 3.37. The Kier molecular flexibility index (Phi) is 4.59. The van der Waals surface area contributed by atoms with Crippen molar-refractivity contribution >= 4 is 23.3 Å². The summed E-state index contributed by atoms with van der Waals surface area (Å²) in [6, 6.07) is 4.82. The van der Waals surface area contributed by atoms with Gasteiger partial charge in [0.15, 0.2) is 0 Å². The summed E-state index contributed by atoms with van der Waals surface area (Å²) in [5.74, 6) is -0.984. The average Bonchev–Trinajstić information content (AvgIpc) is 2.27. The van der Waals surface area contributed by atoms with Crippen LogP contribution in [-0.4, -0.2) is 42.2 Å². The SMILES string of the molecule is CN(C)C(C)(C)CNc1ccc(Cl)cc1C(=O)O. The Morgan fingerprint density at radius 2 is 2.06 bits per heavy atom. The van der Waals surface area contributed by atoms with Crippen LogP contribution in [0.4, 0.5) is 5.69 Å². The summed E-state index contributed by atoms with van der Waals surface area (Å²) in [7, 11) is 3.98. The maximum atomic E-state index is 11.1. The van der Waals surface area contributed by atoms with Gasteiger partial charge < -0.3 is 15.3 Å². The Balaban J connectivity index is 2.89. The Bertz CT molecular complexity index is 445. The van der Waals surface area contributed by atoms with Gasteiger partial charge in [0.05, 0.1) is 5.56 Å². The molecule has 0 aromatic heterocycles. The van der Waals surface area contributed by atoms with E-state index in [1.807, 2.05) is 14.1 Å². The van der Waals surface area contributed by atoms with Crippen LogP contribution >= 0.6 is 11.6 Å². The molecule has 0 heterocycles. The van der Waals surface area contributed by atoms with Crippen molar-refractivity contribution in [2.45, 2.75) is 19.4 Å². The highest BCUT2D eigenvalue weighted by molar-refractivity contribution is 6.31. The first-order chi connectivity index (χ1) is 8.24. The first-order valence-electron chi connectivity index (χ1n) is 5.68. The molecule has 0 fully saturated rings. The summed E-state index contributed by atoms with van der Waals surface area (Å²) >= 11 is 5.80. The van der Waals surface area contributed by atoms with Crippen LogP contribution in [0.15, 0.2) is 18.2 Å². The van der Waals surface area contributed by atoms with Crippen molar-refractivity contribution in [2.75, 3.05) is 26.0 Å². The standard InChI is InChI=1S/C13H19ClN2O2/c1-13(2,16(3)4)8-15-11-6-5-9(14)7-10(11)12(17)18/h5-7,15H,8H2,1-4H3,(H,17,18). The maximum Gasteiger partial charge on any atom is 0.337 e. The number of rotatable bonds is 5. The lowest BCUT2D eigenvalue weighted by atomic mass is 10.0. The zero-order valence-electron chi connectivity index (χ0n) is 11.1. The van der Waals surface area contributed by atoms with E-state index in [1.165, 1.54) is 6.07 Å². The van der Waals surface area contributed by atoms with Crippen LogP contribution in [0, 0.1) is 0 Å². The molecule has 18 heavy (non-hydrogen) atoms. The molecule has 0 aliphatic carbocycles. The normalized spacial score (nSPS) is 11.7. The van der Waals surface area contributed by atoms with Gasteiger partial charge in [0.1, 0.15) is 0 Å². The number of likely N-dealkylation sites (N-methyl/N-ethyl adjacent to an activating group) is 1. The quantitative estimate of drug-likeness (QED) is 0.864. The number of benzene rings is 1. The summed E-state index contributed by atoms with van der Waals surface area (Å²) in [6.45, 7) is 4.80. The number of carbonyl (C=O) groups is 1.